The van der Waals surface area contributed by atoms with Crippen molar-refractivity contribution in [2.24, 2.45) is 4.99 Å². The lowest BCUT2D eigenvalue weighted by atomic mass is 10.1. The van der Waals surface area contributed by atoms with E-state index in [1.54, 1.807) is 12.1 Å². The summed E-state index contributed by atoms with van der Waals surface area (Å²) >= 11 is 0. The average Bonchev–Trinajstić information content (AvgIpc) is 2.80. The minimum Gasteiger partial charge on any atom is -0.378 e. The van der Waals surface area contributed by atoms with Crippen LogP contribution >= 0.6 is 24.0 Å². The second-order valence-corrected chi connectivity index (χ2v) is 8.02. The third-order valence-corrected chi connectivity index (χ3v) is 5.79. The van der Waals surface area contributed by atoms with E-state index in [9.17, 15) is 4.39 Å². The van der Waals surface area contributed by atoms with Crippen LogP contribution in [0.4, 0.5) is 10.1 Å². The number of nitrogens with zero attached hydrogens (tertiary/aromatic N) is 3. The van der Waals surface area contributed by atoms with Gasteiger partial charge in [0.1, 0.15) is 11.9 Å². The molecule has 2 aliphatic rings. The van der Waals surface area contributed by atoms with Crippen molar-refractivity contribution >= 4 is 35.6 Å². The molecule has 174 valence electrons. The molecule has 2 atom stereocenters. The third kappa shape index (κ3) is 6.11. The van der Waals surface area contributed by atoms with Gasteiger partial charge in [-0.2, -0.15) is 0 Å². The van der Waals surface area contributed by atoms with Gasteiger partial charge >= 0.3 is 0 Å². The monoisotopic (exact) mass is 554 g/mol. The summed E-state index contributed by atoms with van der Waals surface area (Å²) in [5, 5.41) is 3.54. The number of morpholine rings is 2. The van der Waals surface area contributed by atoms with Crippen molar-refractivity contribution in [1.82, 2.24) is 10.2 Å². The predicted molar refractivity (Wildman–Crippen MR) is 136 cm³/mol. The number of para-hydroxylation sites is 1. The summed E-state index contributed by atoms with van der Waals surface area (Å²) < 4.78 is 25.0. The molecule has 0 aliphatic carbocycles. The molecule has 2 aromatic carbocycles. The number of ether oxygens (including phenoxy) is 2. The molecule has 8 heteroatoms. The quantitative estimate of drug-likeness (QED) is 0.354. The Balaban J connectivity index is 0.00000289. The molecule has 2 aliphatic heterocycles. The van der Waals surface area contributed by atoms with E-state index in [-0.39, 0.29) is 42.0 Å². The fourth-order valence-corrected chi connectivity index (χ4v) is 4.27. The van der Waals surface area contributed by atoms with E-state index in [4.69, 9.17) is 9.47 Å². The first-order valence-corrected chi connectivity index (χ1v) is 10.9. The number of hydrogen-bond acceptors (Lipinski definition) is 4. The van der Waals surface area contributed by atoms with Gasteiger partial charge in [0, 0.05) is 38.9 Å². The summed E-state index contributed by atoms with van der Waals surface area (Å²) in [5.41, 5.74) is 3.46. The lowest BCUT2D eigenvalue weighted by Gasteiger charge is -2.39. The third-order valence-electron chi connectivity index (χ3n) is 5.79. The second-order valence-electron chi connectivity index (χ2n) is 8.02. The van der Waals surface area contributed by atoms with Crippen molar-refractivity contribution in [2.45, 2.75) is 25.7 Å². The van der Waals surface area contributed by atoms with Gasteiger partial charge in [0.15, 0.2) is 5.96 Å². The molecular formula is C24H32FIN4O2. The van der Waals surface area contributed by atoms with Crippen LogP contribution in [-0.4, -0.2) is 63.4 Å². The van der Waals surface area contributed by atoms with Crippen LogP contribution in [0.1, 0.15) is 24.2 Å². The molecular weight excluding hydrogens is 522 g/mol. The number of benzene rings is 2. The summed E-state index contributed by atoms with van der Waals surface area (Å²) in [7, 11) is 1.81. The molecule has 32 heavy (non-hydrogen) atoms. The zero-order valence-electron chi connectivity index (χ0n) is 18.7. The van der Waals surface area contributed by atoms with Crippen LogP contribution in [0.15, 0.2) is 53.5 Å². The van der Waals surface area contributed by atoms with Crippen LogP contribution in [-0.2, 0) is 16.0 Å². The fraction of sp³-hybridized carbons (Fsp3) is 0.458. The van der Waals surface area contributed by atoms with Gasteiger partial charge in [-0.3, -0.25) is 4.99 Å². The number of nitrogens with one attached hydrogen (secondary N) is 1. The minimum atomic E-state index is -0.235. The number of aliphatic imine (C=N–C) groups is 1. The lowest BCUT2D eigenvalue weighted by molar-refractivity contribution is -0.0605. The molecule has 0 saturated carbocycles. The van der Waals surface area contributed by atoms with E-state index in [2.05, 4.69) is 51.3 Å². The Morgan fingerprint density at radius 3 is 2.53 bits per heavy atom. The van der Waals surface area contributed by atoms with Crippen LogP contribution in [0.2, 0.25) is 0 Å². The summed E-state index contributed by atoms with van der Waals surface area (Å²) in [6, 6.07) is 15.1. The molecule has 2 unspecified atom stereocenters. The number of rotatable bonds is 4. The van der Waals surface area contributed by atoms with Crippen molar-refractivity contribution in [1.29, 1.82) is 0 Å². The van der Waals surface area contributed by atoms with Crippen molar-refractivity contribution in [3.63, 3.8) is 0 Å². The number of hydrogen-bond donors (Lipinski definition) is 1. The Kier molecular flexibility index (Phi) is 9.12. The van der Waals surface area contributed by atoms with Gasteiger partial charge in [-0.1, -0.05) is 30.3 Å². The molecule has 0 spiro atoms. The highest BCUT2D eigenvalue weighted by Crippen LogP contribution is 2.26. The fourth-order valence-electron chi connectivity index (χ4n) is 4.27. The van der Waals surface area contributed by atoms with E-state index in [0.717, 1.165) is 44.4 Å². The Morgan fingerprint density at radius 2 is 1.81 bits per heavy atom. The molecule has 2 fully saturated rings. The van der Waals surface area contributed by atoms with Crippen LogP contribution in [0, 0.1) is 5.82 Å². The molecule has 2 saturated heterocycles. The maximum Gasteiger partial charge on any atom is 0.194 e. The highest BCUT2D eigenvalue weighted by atomic mass is 127. The largest absolute Gasteiger partial charge is 0.378 e. The van der Waals surface area contributed by atoms with Gasteiger partial charge < -0.3 is 24.6 Å². The topological polar surface area (TPSA) is 49.3 Å². The van der Waals surface area contributed by atoms with Gasteiger partial charge in [-0.05, 0) is 36.2 Å². The first kappa shape index (κ1) is 24.7. The molecule has 2 aromatic rings. The van der Waals surface area contributed by atoms with Gasteiger partial charge in [0.25, 0.3) is 0 Å². The van der Waals surface area contributed by atoms with Crippen molar-refractivity contribution in [3.05, 3.63) is 65.5 Å². The van der Waals surface area contributed by atoms with E-state index in [1.165, 1.54) is 23.4 Å². The summed E-state index contributed by atoms with van der Waals surface area (Å²) in [4.78, 5) is 9.13. The average molecular weight is 554 g/mol. The first-order valence-electron chi connectivity index (χ1n) is 10.9. The summed E-state index contributed by atoms with van der Waals surface area (Å²) in [5.74, 6) is 0.611. The molecule has 0 amide bonds. The molecule has 4 rings (SSSR count). The molecule has 0 aromatic heterocycles. The molecule has 0 radical (unpaired) electrons. The lowest BCUT2D eigenvalue weighted by Crippen LogP contribution is -2.50. The van der Waals surface area contributed by atoms with Crippen LogP contribution in [0.25, 0.3) is 0 Å². The Labute approximate surface area is 206 Å². The maximum absolute atomic E-state index is 13.3. The Hall–Kier alpha value is -1.91. The highest BCUT2D eigenvalue weighted by molar-refractivity contribution is 14.0. The first-order chi connectivity index (χ1) is 15.1. The van der Waals surface area contributed by atoms with E-state index < -0.39 is 0 Å². The van der Waals surface area contributed by atoms with Crippen LogP contribution in [0.5, 0.6) is 0 Å². The Bertz CT molecular complexity index is 890. The molecule has 6 nitrogen and oxygen atoms in total. The maximum atomic E-state index is 13.3. The van der Waals surface area contributed by atoms with Gasteiger partial charge in [-0.15, -0.1) is 24.0 Å². The summed E-state index contributed by atoms with van der Waals surface area (Å²) in [6.45, 7) is 7.51. The van der Waals surface area contributed by atoms with E-state index in [1.807, 2.05) is 7.05 Å². The standard InChI is InChI=1S/C24H31FN4O2.HI/c1-18-16-29(17-23(31-18)19-7-9-21(25)10-8-19)24(26-2)27-15-20-5-3-4-6-22(20)28-11-13-30-14-12-28;/h3-10,18,23H,11-17H2,1-2H3,(H,26,27);1H. The summed E-state index contributed by atoms with van der Waals surface area (Å²) in [6.07, 6.45) is -0.0773. The molecule has 1 N–H and O–H groups in total. The SMILES string of the molecule is CN=C(NCc1ccccc1N1CCOCC1)N1CC(C)OC(c2ccc(F)cc2)C1.I. The second kappa shape index (κ2) is 11.8. The minimum absolute atomic E-state index is 0. The van der Waals surface area contributed by atoms with Crippen molar-refractivity contribution in [2.75, 3.05) is 51.3 Å². The predicted octanol–water partition coefficient (Wildman–Crippen LogP) is 3.82. The molecule has 0 bridgehead atoms. The zero-order valence-corrected chi connectivity index (χ0v) is 21.0. The van der Waals surface area contributed by atoms with E-state index in [0.29, 0.717) is 13.1 Å². The Morgan fingerprint density at radius 1 is 1.09 bits per heavy atom. The van der Waals surface area contributed by atoms with Crippen molar-refractivity contribution < 1.29 is 13.9 Å². The van der Waals surface area contributed by atoms with Crippen molar-refractivity contribution in [3.8, 4) is 0 Å². The smallest absolute Gasteiger partial charge is 0.194 e. The van der Waals surface area contributed by atoms with E-state index >= 15 is 0 Å². The highest BCUT2D eigenvalue weighted by Gasteiger charge is 2.28. The number of guanidine groups is 1. The van der Waals surface area contributed by atoms with Gasteiger partial charge in [-0.25, -0.2) is 4.39 Å². The zero-order chi connectivity index (χ0) is 21.6. The number of halogens is 2. The molecule has 2 heterocycles. The van der Waals surface area contributed by atoms with Gasteiger partial charge in [0.2, 0.25) is 0 Å². The van der Waals surface area contributed by atoms with Crippen LogP contribution in [0.3, 0.4) is 0 Å². The van der Waals surface area contributed by atoms with Gasteiger partial charge in [0.05, 0.1) is 25.9 Å². The normalized spacial score (nSPS) is 21.8. The van der Waals surface area contributed by atoms with Crippen LogP contribution < -0.4 is 10.2 Å². The number of anilines is 1.